The van der Waals surface area contributed by atoms with Crippen molar-refractivity contribution in [1.82, 2.24) is 24.8 Å². The van der Waals surface area contributed by atoms with Gasteiger partial charge in [-0.15, -0.1) is 24.8 Å². The van der Waals surface area contributed by atoms with Crippen molar-refractivity contribution in [2.45, 2.75) is 37.1 Å². The van der Waals surface area contributed by atoms with Crippen LogP contribution in [-0.4, -0.2) is 72.8 Å². The quantitative estimate of drug-likeness (QED) is 0.468. The first-order chi connectivity index (χ1) is 11.7. The monoisotopic (exact) mass is 406 g/mol. The standard InChI is InChI=1S/C15H22N6O3.2ClH/c22-5-8-3-10(13(24)12(8)23)21-7-19-11-14(17-6-18-15(11)21)20-9-1-2-16-4-9;;/h6-10,12-13,16,22-24H,1-5H2,(H,17,18,20);2*1H/t8-,9+,10-,12-,13+;;/m1../s1. The molecule has 1 aliphatic carbocycles. The molecule has 0 unspecified atom stereocenters. The Morgan fingerprint density at radius 2 is 2.00 bits per heavy atom. The molecule has 2 aromatic heterocycles. The summed E-state index contributed by atoms with van der Waals surface area (Å²) >= 11 is 0. The number of imidazole rings is 1. The van der Waals surface area contributed by atoms with Crippen molar-refractivity contribution in [2.75, 3.05) is 25.0 Å². The summed E-state index contributed by atoms with van der Waals surface area (Å²) in [5.41, 5.74) is 1.27. The van der Waals surface area contributed by atoms with Gasteiger partial charge in [0.05, 0.1) is 18.5 Å². The number of hydrogen-bond acceptors (Lipinski definition) is 8. The van der Waals surface area contributed by atoms with Crippen LogP contribution in [0.3, 0.4) is 0 Å². The molecule has 1 saturated heterocycles. The third-order valence-electron chi connectivity index (χ3n) is 5.12. The highest BCUT2D eigenvalue weighted by Gasteiger charge is 2.42. The number of hydrogen-bond donors (Lipinski definition) is 5. The van der Waals surface area contributed by atoms with E-state index in [1.807, 2.05) is 0 Å². The summed E-state index contributed by atoms with van der Waals surface area (Å²) in [5.74, 6) is 0.339. The van der Waals surface area contributed by atoms with E-state index < -0.39 is 12.2 Å². The topological polar surface area (TPSA) is 128 Å². The molecule has 4 rings (SSSR count). The Kier molecular flexibility index (Phi) is 7.00. The van der Waals surface area contributed by atoms with Gasteiger partial charge in [-0.2, -0.15) is 0 Å². The number of aromatic nitrogens is 4. The number of halogens is 2. The van der Waals surface area contributed by atoms with E-state index in [1.165, 1.54) is 6.33 Å². The second-order valence-electron chi connectivity index (χ2n) is 6.61. The summed E-state index contributed by atoms with van der Waals surface area (Å²) in [6.07, 6.45) is 2.71. The Morgan fingerprint density at radius 3 is 2.65 bits per heavy atom. The summed E-state index contributed by atoms with van der Waals surface area (Å²) < 4.78 is 1.78. The second-order valence-corrected chi connectivity index (χ2v) is 6.61. The minimum Gasteiger partial charge on any atom is -0.396 e. The lowest BCUT2D eigenvalue weighted by molar-refractivity contribution is -0.00370. The first-order valence-electron chi connectivity index (χ1n) is 8.31. The fraction of sp³-hybridized carbons (Fsp3) is 0.667. The van der Waals surface area contributed by atoms with Crippen LogP contribution in [0.25, 0.3) is 11.2 Å². The Bertz CT molecular complexity index is 726. The maximum absolute atomic E-state index is 10.3. The highest BCUT2D eigenvalue weighted by Crippen LogP contribution is 2.37. The maximum Gasteiger partial charge on any atom is 0.165 e. The number of nitrogens with one attached hydrogen (secondary N) is 2. The van der Waals surface area contributed by atoms with Gasteiger partial charge in [0.1, 0.15) is 17.9 Å². The van der Waals surface area contributed by atoms with E-state index in [0.717, 1.165) is 19.5 Å². The van der Waals surface area contributed by atoms with Gasteiger partial charge in [0.15, 0.2) is 11.5 Å². The molecular formula is C15H24Cl2N6O3. The van der Waals surface area contributed by atoms with E-state index in [4.69, 9.17) is 0 Å². The van der Waals surface area contributed by atoms with Gasteiger partial charge in [0.2, 0.25) is 0 Å². The third-order valence-corrected chi connectivity index (χ3v) is 5.12. The zero-order valence-corrected chi connectivity index (χ0v) is 15.7. The van der Waals surface area contributed by atoms with E-state index in [9.17, 15) is 15.3 Å². The fourth-order valence-corrected chi connectivity index (χ4v) is 3.73. The lowest BCUT2D eigenvalue weighted by Crippen LogP contribution is -2.30. The smallest absolute Gasteiger partial charge is 0.165 e. The summed E-state index contributed by atoms with van der Waals surface area (Å²) in [7, 11) is 0. The molecule has 0 spiro atoms. The minimum atomic E-state index is -0.954. The molecule has 2 aromatic rings. The molecule has 3 heterocycles. The van der Waals surface area contributed by atoms with Crippen molar-refractivity contribution in [3.63, 3.8) is 0 Å². The van der Waals surface area contributed by atoms with E-state index in [1.54, 1.807) is 10.9 Å². The minimum absolute atomic E-state index is 0. The molecular weight excluding hydrogens is 383 g/mol. The summed E-state index contributed by atoms with van der Waals surface area (Å²) in [4.78, 5) is 13.0. The molecule has 146 valence electrons. The van der Waals surface area contributed by atoms with E-state index >= 15 is 0 Å². The summed E-state index contributed by atoms with van der Waals surface area (Å²) in [6.45, 7) is 1.71. The van der Waals surface area contributed by atoms with Crippen molar-refractivity contribution in [2.24, 2.45) is 5.92 Å². The van der Waals surface area contributed by atoms with E-state index in [2.05, 4.69) is 25.6 Å². The number of fused-ring (bicyclic) bond motifs is 1. The average molecular weight is 407 g/mol. The van der Waals surface area contributed by atoms with Crippen molar-refractivity contribution >= 4 is 41.8 Å². The Hall–Kier alpha value is -1.23. The predicted octanol–water partition coefficient (Wildman–Crippen LogP) is -0.281. The third kappa shape index (κ3) is 3.60. The van der Waals surface area contributed by atoms with Crippen LogP contribution < -0.4 is 10.6 Å². The molecule has 26 heavy (non-hydrogen) atoms. The van der Waals surface area contributed by atoms with Crippen LogP contribution in [0.5, 0.6) is 0 Å². The van der Waals surface area contributed by atoms with Gasteiger partial charge in [0.25, 0.3) is 0 Å². The van der Waals surface area contributed by atoms with Crippen LogP contribution in [0.2, 0.25) is 0 Å². The van der Waals surface area contributed by atoms with Crippen molar-refractivity contribution in [3.8, 4) is 0 Å². The lowest BCUT2D eigenvalue weighted by Gasteiger charge is -2.18. The molecule has 2 aliphatic rings. The Morgan fingerprint density at radius 1 is 1.19 bits per heavy atom. The fourth-order valence-electron chi connectivity index (χ4n) is 3.73. The molecule has 0 radical (unpaired) electrons. The molecule has 5 N–H and O–H groups in total. The normalized spacial score (nSPS) is 30.8. The van der Waals surface area contributed by atoms with Crippen LogP contribution >= 0.6 is 24.8 Å². The van der Waals surface area contributed by atoms with Crippen LogP contribution in [0, 0.1) is 5.92 Å². The van der Waals surface area contributed by atoms with Gasteiger partial charge >= 0.3 is 0 Å². The molecule has 1 saturated carbocycles. The van der Waals surface area contributed by atoms with Crippen LogP contribution in [0.4, 0.5) is 5.82 Å². The molecule has 0 amide bonds. The number of rotatable bonds is 4. The largest absolute Gasteiger partial charge is 0.396 e. The number of anilines is 1. The maximum atomic E-state index is 10.3. The van der Waals surface area contributed by atoms with Crippen LogP contribution in [-0.2, 0) is 0 Å². The molecule has 0 bridgehead atoms. The number of nitrogens with zero attached hydrogens (tertiary/aromatic N) is 4. The zero-order chi connectivity index (χ0) is 16.7. The van der Waals surface area contributed by atoms with Gasteiger partial charge < -0.3 is 30.5 Å². The second kappa shape index (κ2) is 8.64. The van der Waals surface area contributed by atoms with Crippen molar-refractivity contribution < 1.29 is 15.3 Å². The highest BCUT2D eigenvalue weighted by atomic mass is 35.5. The molecule has 1 aliphatic heterocycles. The van der Waals surface area contributed by atoms with Gasteiger partial charge in [-0.3, -0.25) is 0 Å². The summed E-state index contributed by atoms with van der Waals surface area (Å²) in [6, 6.07) is -0.0519. The number of aliphatic hydroxyl groups is 3. The molecule has 0 aromatic carbocycles. The lowest BCUT2D eigenvalue weighted by atomic mass is 10.1. The highest BCUT2D eigenvalue weighted by molar-refractivity contribution is 5.85. The van der Waals surface area contributed by atoms with Gasteiger partial charge in [-0.05, 0) is 19.4 Å². The van der Waals surface area contributed by atoms with E-state index in [0.29, 0.717) is 29.4 Å². The molecule has 2 fully saturated rings. The van der Waals surface area contributed by atoms with Crippen molar-refractivity contribution in [1.29, 1.82) is 0 Å². The Labute approximate surface area is 163 Å². The van der Waals surface area contributed by atoms with Gasteiger partial charge in [-0.25, -0.2) is 15.0 Å². The number of aliphatic hydroxyl groups excluding tert-OH is 3. The molecule has 5 atom stereocenters. The van der Waals surface area contributed by atoms with Gasteiger partial charge in [-0.1, -0.05) is 0 Å². The molecule has 9 nitrogen and oxygen atoms in total. The Balaban J connectivity index is 0.00000121. The first kappa shape index (κ1) is 21.1. The SMILES string of the molecule is Cl.Cl.OC[C@H]1C[C@@H](n2cnc3c(N[C@H]4CCNC4)ncnc32)[C@H](O)[C@@H]1O. The van der Waals surface area contributed by atoms with Crippen LogP contribution in [0.15, 0.2) is 12.7 Å². The van der Waals surface area contributed by atoms with E-state index in [-0.39, 0.29) is 43.4 Å². The van der Waals surface area contributed by atoms with Gasteiger partial charge in [0, 0.05) is 25.1 Å². The zero-order valence-electron chi connectivity index (χ0n) is 14.0. The first-order valence-corrected chi connectivity index (χ1v) is 8.31. The van der Waals surface area contributed by atoms with Crippen molar-refractivity contribution in [3.05, 3.63) is 12.7 Å². The predicted molar refractivity (Wildman–Crippen MR) is 101 cm³/mol. The summed E-state index contributed by atoms with van der Waals surface area (Å²) in [5, 5.41) is 36.4. The average Bonchev–Trinajstić information content (AvgIpc) is 3.30. The molecule has 11 heteroatoms. The van der Waals surface area contributed by atoms with Crippen LogP contribution in [0.1, 0.15) is 18.9 Å².